The highest BCUT2D eigenvalue weighted by molar-refractivity contribution is 5.36. The number of nitrogens with zero attached hydrogens (tertiary/aromatic N) is 4. The van der Waals surface area contributed by atoms with Crippen LogP contribution in [-0.2, 0) is 13.7 Å². The number of benzene rings is 1. The molecule has 0 saturated heterocycles. The highest BCUT2D eigenvalue weighted by Crippen LogP contribution is 2.16. The highest BCUT2D eigenvalue weighted by atomic mass is 19.1. The Morgan fingerprint density at radius 3 is 2.94 bits per heavy atom. The monoisotopic (exact) mass is 232 g/mol. The fourth-order valence-corrected chi connectivity index (χ4v) is 1.29. The van der Waals surface area contributed by atoms with Crippen LogP contribution < -0.4 is 4.74 Å². The van der Waals surface area contributed by atoms with Crippen LogP contribution in [0.25, 0.3) is 0 Å². The Bertz CT molecular complexity index is 573. The third kappa shape index (κ3) is 2.58. The Labute approximate surface area is 97.1 Å². The second-order valence-electron chi connectivity index (χ2n) is 3.43. The van der Waals surface area contributed by atoms with Gasteiger partial charge >= 0.3 is 0 Å². The molecule has 17 heavy (non-hydrogen) atoms. The van der Waals surface area contributed by atoms with Crippen LogP contribution in [-0.4, -0.2) is 15.0 Å². The van der Waals surface area contributed by atoms with Gasteiger partial charge in [0.25, 0.3) is 0 Å². The minimum atomic E-state index is -0.593. The summed E-state index contributed by atoms with van der Waals surface area (Å²) in [6, 6.07) is 5.83. The van der Waals surface area contributed by atoms with E-state index in [-0.39, 0.29) is 12.2 Å². The predicted molar refractivity (Wildman–Crippen MR) is 56.5 cm³/mol. The van der Waals surface area contributed by atoms with Crippen molar-refractivity contribution < 1.29 is 9.13 Å². The van der Waals surface area contributed by atoms with E-state index in [9.17, 15) is 4.39 Å². The lowest BCUT2D eigenvalue weighted by atomic mass is 10.2. The lowest BCUT2D eigenvalue weighted by Gasteiger charge is -2.03. The van der Waals surface area contributed by atoms with E-state index < -0.39 is 5.82 Å². The van der Waals surface area contributed by atoms with Crippen molar-refractivity contribution in [2.75, 3.05) is 0 Å². The fraction of sp³-hybridized carbons (Fsp3) is 0.182. The maximum atomic E-state index is 13.2. The Morgan fingerprint density at radius 1 is 1.53 bits per heavy atom. The van der Waals surface area contributed by atoms with Gasteiger partial charge < -0.3 is 4.74 Å². The first-order chi connectivity index (χ1) is 8.19. The number of nitriles is 1. The second kappa shape index (κ2) is 4.61. The van der Waals surface area contributed by atoms with Gasteiger partial charge in [-0.05, 0) is 12.1 Å². The summed E-state index contributed by atoms with van der Waals surface area (Å²) in [4.78, 5) is 0. The van der Waals surface area contributed by atoms with Crippen molar-refractivity contribution in [3.8, 4) is 11.8 Å². The van der Waals surface area contributed by atoms with Crippen LogP contribution in [0.1, 0.15) is 11.3 Å². The predicted octanol–water partition coefficient (Wildman–Crippen LogP) is 1.40. The number of rotatable bonds is 3. The van der Waals surface area contributed by atoms with Crippen LogP contribution in [0, 0.1) is 17.1 Å². The molecule has 2 aromatic rings. The summed E-state index contributed by atoms with van der Waals surface area (Å²) >= 11 is 0. The van der Waals surface area contributed by atoms with Gasteiger partial charge in [-0.1, -0.05) is 5.21 Å². The van der Waals surface area contributed by atoms with Crippen LogP contribution >= 0.6 is 0 Å². The zero-order valence-electron chi connectivity index (χ0n) is 9.09. The molecule has 0 saturated carbocycles. The summed E-state index contributed by atoms with van der Waals surface area (Å²) in [6.45, 7) is 0.208. The summed E-state index contributed by atoms with van der Waals surface area (Å²) in [5, 5.41) is 16.1. The first kappa shape index (κ1) is 11.1. The van der Waals surface area contributed by atoms with E-state index in [1.807, 2.05) is 0 Å². The molecule has 0 aliphatic carbocycles. The molecular weight excluding hydrogens is 223 g/mol. The van der Waals surface area contributed by atoms with Gasteiger partial charge in [0.05, 0.1) is 11.8 Å². The summed E-state index contributed by atoms with van der Waals surface area (Å²) < 4.78 is 20.1. The van der Waals surface area contributed by atoms with Crippen molar-refractivity contribution in [3.05, 3.63) is 41.5 Å². The number of hydrogen-bond donors (Lipinski definition) is 0. The molecule has 0 radical (unpaired) electrons. The van der Waals surface area contributed by atoms with E-state index in [1.54, 1.807) is 24.0 Å². The Hall–Kier alpha value is -2.42. The molecule has 5 nitrogen and oxygen atoms in total. The van der Waals surface area contributed by atoms with Crippen molar-refractivity contribution in [3.63, 3.8) is 0 Å². The lowest BCUT2D eigenvalue weighted by molar-refractivity contribution is 0.299. The summed E-state index contributed by atoms with van der Waals surface area (Å²) in [6.07, 6.45) is 1.71. The zero-order chi connectivity index (χ0) is 12.3. The molecule has 1 aromatic heterocycles. The third-order valence-corrected chi connectivity index (χ3v) is 2.10. The van der Waals surface area contributed by atoms with Gasteiger partial charge in [0, 0.05) is 13.1 Å². The molecule has 0 aliphatic heterocycles. The van der Waals surface area contributed by atoms with Crippen molar-refractivity contribution >= 4 is 0 Å². The molecule has 0 N–H and O–H groups in total. The first-order valence-corrected chi connectivity index (χ1v) is 4.86. The van der Waals surface area contributed by atoms with Crippen LogP contribution in [0.2, 0.25) is 0 Å². The molecule has 0 amide bonds. The molecule has 0 spiro atoms. The van der Waals surface area contributed by atoms with Crippen molar-refractivity contribution in [2.24, 2.45) is 7.05 Å². The van der Waals surface area contributed by atoms with Crippen molar-refractivity contribution in [1.29, 1.82) is 5.26 Å². The Morgan fingerprint density at radius 2 is 2.35 bits per heavy atom. The quantitative estimate of drug-likeness (QED) is 0.802. The number of halogens is 1. The van der Waals surface area contributed by atoms with Crippen LogP contribution in [0.5, 0.6) is 5.75 Å². The standard InChI is InChI=1S/C11H9FN4O/c1-16-6-9(14-15-16)7-17-10-3-2-8(5-13)11(12)4-10/h2-4,6H,7H2,1H3. The number of ether oxygens (including phenoxy) is 1. The smallest absolute Gasteiger partial charge is 0.144 e. The number of aryl methyl sites for hydroxylation is 1. The Balaban J connectivity index is 2.05. The average molecular weight is 232 g/mol. The molecule has 2 rings (SSSR count). The third-order valence-electron chi connectivity index (χ3n) is 2.10. The van der Waals surface area contributed by atoms with E-state index in [2.05, 4.69) is 10.3 Å². The molecule has 6 heteroatoms. The van der Waals surface area contributed by atoms with E-state index in [0.29, 0.717) is 11.4 Å². The molecule has 0 fully saturated rings. The summed E-state index contributed by atoms with van der Waals surface area (Å²) in [7, 11) is 1.75. The van der Waals surface area contributed by atoms with Gasteiger partial charge in [-0.25, -0.2) is 4.39 Å². The van der Waals surface area contributed by atoms with Gasteiger partial charge in [-0.15, -0.1) is 5.10 Å². The maximum Gasteiger partial charge on any atom is 0.144 e. The van der Waals surface area contributed by atoms with Gasteiger partial charge in [0.1, 0.15) is 29.9 Å². The Kier molecular flexibility index (Phi) is 3.01. The molecule has 86 valence electrons. The molecule has 1 aromatic carbocycles. The van der Waals surface area contributed by atoms with Crippen LogP contribution in [0.4, 0.5) is 4.39 Å². The first-order valence-electron chi connectivity index (χ1n) is 4.86. The number of hydrogen-bond acceptors (Lipinski definition) is 4. The summed E-state index contributed by atoms with van der Waals surface area (Å²) in [5.74, 6) is -0.240. The molecule has 0 bridgehead atoms. The van der Waals surface area contributed by atoms with Gasteiger partial charge in [-0.2, -0.15) is 5.26 Å². The summed E-state index contributed by atoms with van der Waals surface area (Å²) in [5.41, 5.74) is 0.647. The lowest BCUT2D eigenvalue weighted by Crippen LogP contribution is -1.96. The van der Waals surface area contributed by atoms with Crippen LogP contribution in [0.15, 0.2) is 24.4 Å². The maximum absolute atomic E-state index is 13.2. The zero-order valence-corrected chi connectivity index (χ0v) is 9.09. The average Bonchev–Trinajstić information content (AvgIpc) is 2.73. The van der Waals surface area contributed by atoms with Gasteiger partial charge in [0.2, 0.25) is 0 Å². The number of aromatic nitrogens is 3. The molecular formula is C11H9FN4O. The molecule has 0 atom stereocenters. The minimum absolute atomic E-state index is 0.00291. The molecule has 0 unspecified atom stereocenters. The van der Waals surface area contributed by atoms with E-state index in [0.717, 1.165) is 0 Å². The van der Waals surface area contributed by atoms with Gasteiger partial charge in [-0.3, -0.25) is 4.68 Å². The van der Waals surface area contributed by atoms with E-state index in [4.69, 9.17) is 10.00 Å². The topological polar surface area (TPSA) is 63.7 Å². The second-order valence-corrected chi connectivity index (χ2v) is 3.43. The van der Waals surface area contributed by atoms with Gasteiger partial charge in [0.15, 0.2) is 0 Å². The largest absolute Gasteiger partial charge is 0.487 e. The van der Waals surface area contributed by atoms with Crippen LogP contribution in [0.3, 0.4) is 0 Å². The van der Waals surface area contributed by atoms with Crippen molar-refractivity contribution in [2.45, 2.75) is 6.61 Å². The highest BCUT2D eigenvalue weighted by Gasteiger charge is 2.04. The normalized spacial score (nSPS) is 9.94. The molecule has 1 heterocycles. The van der Waals surface area contributed by atoms with Crippen molar-refractivity contribution in [1.82, 2.24) is 15.0 Å². The SMILES string of the molecule is Cn1cc(COc2ccc(C#N)c(F)c2)nn1. The van der Waals surface area contributed by atoms with E-state index in [1.165, 1.54) is 18.2 Å². The van der Waals surface area contributed by atoms with E-state index >= 15 is 0 Å². The fourth-order valence-electron chi connectivity index (χ4n) is 1.29. The minimum Gasteiger partial charge on any atom is -0.487 e. The molecule has 0 aliphatic rings.